The lowest BCUT2D eigenvalue weighted by Gasteiger charge is -2.12. The fraction of sp³-hybridized carbons (Fsp3) is 0.294. The predicted octanol–water partition coefficient (Wildman–Crippen LogP) is 2.76. The fourth-order valence-electron chi connectivity index (χ4n) is 1.98. The van der Waals surface area contributed by atoms with Crippen molar-refractivity contribution in [2.45, 2.75) is 6.42 Å². The van der Waals surface area contributed by atoms with Gasteiger partial charge in [0.25, 0.3) is 0 Å². The first-order valence-corrected chi connectivity index (χ1v) is 7.61. The van der Waals surface area contributed by atoms with Gasteiger partial charge < -0.3 is 15.4 Å². The van der Waals surface area contributed by atoms with Crippen LogP contribution in [-0.4, -0.2) is 37.7 Å². The van der Waals surface area contributed by atoms with Crippen LogP contribution in [0.5, 0.6) is 5.75 Å². The van der Waals surface area contributed by atoms with Crippen molar-refractivity contribution in [2.75, 3.05) is 26.7 Å². The highest BCUT2D eigenvalue weighted by molar-refractivity contribution is 14.0. The van der Waals surface area contributed by atoms with E-state index in [1.54, 1.807) is 13.2 Å². The van der Waals surface area contributed by atoms with Crippen molar-refractivity contribution in [1.29, 1.82) is 0 Å². The van der Waals surface area contributed by atoms with Gasteiger partial charge in [-0.3, -0.25) is 9.98 Å². The zero-order valence-electron chi connectivity index (χ0n) is 13.8. The summed E-state index contributed by atoms with van der Waals surface area (Å²) in [4.78, 5) is 8.34. The highest BCUT2D eigenvalue weighted by atomic mass is 127. The molecule has 0 aliphatic rings. The first-order chi connectivity index (χ1) is 11.7. The van der Waals surface area contributed by atoms with Crippen molar-refractivity contribution in [2.24, 2.45) is 4.99 Å². The Balaban J connectivity index is 0.00000312. The normalized spacial score (nSPS) is 10.8. The standard InChI is InChI=1S/C17H20F2N4O.HI/c1-20-17(22-9-7-13-4-2-3-8-21-13)23-10-11-24-14-5-6-15(18)16(19)12-14;/h2-6,8,12H,7,9-11H2,1H3,(H2,20,22,23);1H. The number of ether oxygens (including phenoxy) is 1. The van der Waals surface area contributed by atoms with Gasteiger partial charge in [-0.25, -0.2) is 8.78 Å². The summed E-state index contributed by atoms with van der Waals surface area (Å²) in [6.07, 6.45) is 2.55. The molecule has 0 unspecified atom stereocenters. The molecule has 1 heterocycles. The van der Waals surface area contributed by atoms with Gasteiger partial charge in [0.1, 0.15) is 12.4 Å². The smallest absolute Gasteiger partial charge is 0.191 e. The highest BCUT2D eigenvalue weighted by Crippen LogP contribution is 2.14. The molecule has 25 heavy (non-hydrogen) atoms. The van der Waals surface area contributed by atoms with Crippen molar-refractivity contribution in [3.8, 4) is 5.75 Å². The number of pyridine rings is 1. The van der Waals surface area contributed by atoms with Crippen LogP contribution < -0.4 is 15.4 Å². The van der Waals surface area contributed by atoms with Crippen LogP contribution in [0.1, 0.15) is 5.69 Å². The quantitative estimate of drug-likeness (QED) is 0.288. The molecule has 1 aromatic carbocycles. The summed E-state index contributed by atoms with van der Waals surface area (Å²) in [5.74, 6) is -0.890. The van der Waals surface area contributed by atoms with E-state index in [2.05, 4.69) is 20.6 Å². The molecule has 0 fully saturated rings. The molecule has 2 aromatic rings. The van der Waals surface area contributed by atoms with Crippen LogP contribution in [0.15, 0.2) is 47.6 Å². The van der Waals surface area contributed by atoms with Crippen molar-refractivity contribution in [1.82, 2.24) is 15.6 Å². The first-order valence-electron chi connectivity index (χ1n) is 7.61. The van der Waals surface area contributed by atoms with E-state index >= 15 is 0 Å². The summed E-state index contributed by atoms with van der Waals surface area (Å²) >= 11 is 0. The molecular weight excluding hydrogens is 441 g/mol. The zero-order valence-corrected chi connectivity index (χ0v) is 16.2. The van der Waals surface area contributed by atoms with Crippen LogP contribution >= 0.6 is 24.0 Å². The summed E-state index contributed by atoms with van der Waals surface area (Å²) in [6.45, 7) is 1.47. The van der Waals surface area contributed by atoms with Crippen LogP contribution in [-0.2, 0) is 6.42 Å². The second-order valence-electron chi connectivity index (χ2n) is 4.92. The van der Waals surface area contributed by atoms with E-state index in [1.165, 1.54) is 6.07 Å². The van der Waals surface area contributed by atoms with Gasteiger partial charge in [-0.05, 0) is 24.3 Å². The minimum atomic E-state index is -0.924. The Bertz CT molecular complexity index is 671. The Hall–Kier alpha value is -1.97. The molecule has 0 bridgehead atoms. The number of guanidine groups is 1. The van der Waals surface area contributed by atoms with Crippen molar-refractivity contribution in [3.05, 3.63) is 59.9 Å². The summed E-state index contributed by atoms with van der Waals surface area (Å²) in [5, 5.41) is 6.24. The monoisotopic (exact) mass is 462 g/mol. The van der Waals surface area contributed by atoms with E-state index in [-0.39, 0.29) is 29.7 Å². The Morgan fingerprint density at radius 3 is 2.60 bits per heavy atom. The number of aliphatic imine (C=N–C) groups is 1. The lowest BCUT2D eigenvalue weighted by atomic mass is 10.3. The molecule has 2 N–H and O–H groups in total. The molecule has 0 amide bonds. The Morgan fingerprint density at radius 2 is 1.92 bits per heavy atom. The number of nitrogens with zero attached hydrogens (tertiary/aromatic N) is 2. The third-order valence-corrected chi connectivity index (χ3v) is 3.18. The van der Waals surface area contributed by atoms with Gasteiger partial charge >= 0.3 is 0 Å². The summed E-state index contributed by atoms with van der Waals surface area (Å²) in [7, 11) is 1.67. The fourth-order valence-corrected chi connectivity index (χ4v) is 1.98. The van der Waals surface area contributed by atoms with E-state index in [4.69, 9.17) is 4.74 Å². The molecule has 0 aliphatic carbocycles. The molecule has 0 saturated heterocycles. The maximum Gasteiger partial charge on any atom is 0.191 e. The van der Waals surface area contributed by atoms with Crippen LogP contribution in [0.4, 0.5) is 8.78 Å². The Labute approximate surface area is 162 Å². The van der Waals surface area contributed by atoms with Gasteiger partial charge in [0.2, 0.25) is 0 Å². The number of halogens is 3. The minimum absolute atomic E-state index is 0. The van der Waals surface area contributed by atoms with E-state index in [9.17, 15) is 8.78 Å². The molecule has 0 radical (unpaired) electrons. The number of aromatic nitrogens is 1. The largest absolute Gasteiger partial charge is 0.492 e. The molecular formula is C17H21F2IN4O. The van der Waals surface area contributed by atoms with Gasteiger partial charge in [0, 0.05) is 38.0 Å². The summed E-state index contributed by atoms with van der Waals surface area (Å²) in [5.41, 5.74) is 1.00. The van der Waals surface area contributed by atoms with Crippen molar-refractivity contribution < 1.29 is 13.5 Å². The average molecular weight is 462 g/mol. The number of benzene rings is 1. The summed E-state index contributed by atoms with van der Waals surface area (Å²) in [6, 6.07) is 9.24. The minimum Gasteiger partial charge on any atom is -0.492 e. The van der Waals surface area contributed by atoms with E-state index in [0.717, 1.165) is 24.2 Å². The second-order valence-corrected chi connectivity index (χ2v) is 4.92. The maximum absolute atomic E-state index is 13.0. The van der Waals surface area contributed by atoms with Crippen LogP contribution in [0.3, 0.4) is 0 Å². The van der Waals surface area contributed by atoms with Crippen molar-refractivity contribution >= 4 is 29.9 Å². The Morgan fingerprint density at radius 1 is 1.12 bits per heavy atom. The van der Waals surface area contributed by atoms with Gasteiger partial charge in [-0.1, -0.05) is 6.07 Å². The van der Waals surface area contributed by atoms with Gasteiger partial charge in [0.15, 0.2) is 17.6 Å². The Kier molecular flexibility index (Phi) is 9.75. The number of nitrogens with one attached hydrogen (secondary N) is 2. The molecule has 2 rings (SSSR count). The molecule has 0 spiro atoms. The lowest BCUT2D eigenvalue weighted by molar-refractivity contribution is 0.318. The third kappa shape index (κ3) is 7.63. The molecule has 136 valence electrons. The van der Waals surface area contributed by atoms with E-state index < -0.39 is 11.6 Å². The molecule has 0 saturated carbocycles. The lowest BCUT2D eigenvalue weighted by Crippen LogP contribution is -2.40. The van der Waals surface area contributed by atoms with Crippen LogP contribution in [0.25, 0.3) is 0 Å². The summed E-state index contributed by atoms with van der Waals surface area (Å²) < 4.78 is 31.2. The van der Waals surface area contributed by atoms with Gasteiger partial charge in [0.05, 0.1) is 6.54 Å². The zero-order chi connectivity index (χ0) is 17.2. The first kappa shape index (κ1) is 21.1. The number of hydrogen-bond donors (Lipinski definition) is 2. The predicted molar refractivity (Wildman–Crippen MR) is 105 cm³/mol. The van der Waals surface area contributed by atoms with Crippen LogP contribution in [0, 0.1) is 11.6 Å². The van der Waals surface area contributed by atoms with Crippen LogP contribution in [0.2, 0.25) is 0 Å². The molecule has 0 atom stereocenters. The molecule has 0 aliphatic heterocycles. The van der Waals surface area contributed by atoms with Gasteiger partial charge in [-0.2, -0.15) is 0 Å². The van der Waals surface area contributed by atoms with Crippen molar-refractivity contribution in [3.63, 3.8) is 0 Å². The number of hydrogen-bond acceptors (Lipinski definition) is 3. The topological polar surface area (TPSA) is 58.5 Å². The molecule has 5 nitrogen and oxygen atoms in total. The SMILES string of the molecule is CN=C(NCCOc1ccc(F)c(F)c1)NCCc1ccccn1.I. The average Bonchev–Trinajstić information content (AvgIpc) is 2.61. The second kappa shape index (κ2) is 11.6. The van der Waals surface area contributed by atoms with E-state index in [1.807, 2.05) is 18.2 Å². The molecule has 8 heteroatoms. The van der Waals surface area contributed by atoms with Gasteiger partial charge in [-0.15, -0.1) is 24.0 Å². The van der Waals surface area contributed by atoms with E-state index in [0.29, 0.717) is 25.7 Å². The maximum atomic E-state index is 13.0. The molecule has 1 aromatic heterocycles. The number of rotatable bonds is 7. The third-order valence-electron chi connectivity index (χ3n) is 3.18. The highest BCUT2D eigenvalue weighted by Gasteiger charge is 2.03.